The lowest BCUT2D eigenvalue weighted by Crippen LogP contribution is -1.90. The molecule has 0 saturated heterocycles. The lowest BCUT2D eigenvalue weighted by molar-refractivity contribution is 0.415. The van der Waals surface area contributed by atoms with Gasteiger partial charge in [-0.1, -0.05) is 11.6 Å². The Morgan fingerprint density at radius 3 is 2.90 bits per heavy atom. The van der Waals surface area contributed by atoms with E-state index in [2.05, 4.69) is 16.1 Å². The molecule has 0 unspecified atom stereocenters. The van der Waals surface area contributed by atoms with Crippen LogP contribution in [0, 0.1) is 0 Å². The first kappa shape index (κ1) is 14.2. The lowest BCUT2D eigenvalue weighted by Gasteiger charge is -2.07. The van der Waals surface area contributed by atoms with E-state index in [0.29, 0.717) is 5.15 Å². The molecule has 0 fully saturated rings. The van der Waals surface area contributed by atoms with Crippen LogP contribution in [0.25, 0.3) is 10.9 Å². The zero-order chi connectivity index (χ0) is 14.8. The summed E-state index contributed by atoms with van der Waals surface area (Å²) in [7, 11) is 3.55. The van der Waals surface area contributed by atoms with Gasteiger partial charge in [0.2, 0.25) is 0 Å². The van der Waals surface area contributed by atoms with Gasteiger partial charge in [-0.05, 0) is 18.2 Å². The van der Waals surface area contributed by atoms with E-state index in [1.54, 1.807) is 23.6 Å². The first-order valence-corrected chi connectivity index (χ1v) is 7.76. The second kappa shape index (κ2) is 5.95. The van der Waals surface area contributed by atoms with Crippen molar-refractivity contribution in [1.82, 2.24) is 14.8 Å². The molecule has 6 heteroatoms. The van der Waals surface area contributed by atoms with Crippen LogP contribution in [0.5, 0.6) is 5.75 Å². The molecular formula is C15H14ClN3OS. The number of nitrogens with zero attached hydrogens (tertiary/aromatic N) is 3. The van der Waals surface area contributed by atoms with Gasteiger partial charge in [-0.2, -0.15) is 5.10 Å². The van der Waals surface area contributed by atoms with E-state index < -0.39 is 0 Å². The summed E-state index contributed by atoms with van der Waals surface area (Å²) in [5.41, 5.74) is 1.86. The Labute approximate surface area is 132 Å². The molecule has 0 spiro atoms. The SMILES string of the molecule is COc1ccc2cc(CSc3cnn(C)c3)c(Cl)nc2c1. The second-order valence-corrected chi connectivity index (χ2v) is 6.04. The zero-order valence-corrected chi connectivity index (χ0v) is 13.3. The third kappa shape index (κ3) is 3.14. The van der Waals surface area contributed by atoms with Crippen LogP contribution < -0.4 is 4.74 Å². The van der Waals surface area contributed by atoms with E-state index in [9.17, 15) is 0 Å². The number of halogens is 1. The van der Waals surface area contributed by atoms with Gasteiger partial charge in [0.05, 0.1) is 18.8 Å². The predicted octanol–water partition coefficient (Wildman–Crippen LogP) is 3.92. The van der Waals surface area contributed by atoms with Gasteiger partial charge in [0.15, 0.2) is 0 Å². The minimum Gasteiger partial charge on any atom is -0.497 e. The van der Waals surface area contributed by atoms with Crippen LogP contribution >= 0.6 is 23.4 Å². The number of hydrogen-bond acceptors (Lipinski definition) is 4. The van der Waals surface area contributed by atoms with Gasteiger partial charge >= 0.3 is 0 Å². The van der Waals surface area contributed by atoms with Gasteiger partial charge in [-0.3, -0.25) is 4.68 Å². The van der Waals surface area contributed by atoms with Crippen molar-refractivity contribution in [2.75, 3.05) is 7.11 Å². The molecule has 1 aromatic carbocycles. The van der Waals surface area contributed by atoms with Crippen molar-refractivity contribution >= 4 is 34.3 Å². The topological polar surface area (TPSA) is 39.9 Å². The van der Waals surface area contributed by atoms with Crippen molar-refractivity contribution in [3.8, 4) is 5.75 Å². The van der Waals surface area contributed by atoms with Crippen LogP contribution in [-0.4, -0.2) is 21.9 Å². The van der Waals surface area contributed by atoms with Crippen LogP contribution in [0.1, 0.15) is 5.56 Å². The third-order valence-corrected chi connectivity index (χ3v) is 4.45. The smallest absolute Gasteiger partial charge is 0.133 e. The summed E-state index contributed by atoms with van der Waals surface area (Å²) in [5, 5.41) is 5.75. The summed E-state index contributed by atoms with van der Waals surface area (Å²) in [4.78, 5) is 5.57. The van der Waals surface area contributed by atoms with Crippen LogP contribution in [0.3, 0.4) is 0 Å². The number of methoxy groups -OCH3 is 1. The van der Waals surface area contributed by atoms with Crippen molar-refractivity contribution in [3.63, 3.8) is 0 Å². The number of hydrogen-bond donors (Lipinski definition) is 0. The predicted molar refractivity (Wildman–Crippen MR) is 86.1 cm³/mol. The fourth-order valence-corrected chi connectivity index (χ4v) is 3.21. The molecule has 21 heavy (non-hydrogen) atoms. The minimum absolute atomic E-state index is 0.534. The number of aryl methyl sites for hydroxylation is 1. The maximum atomic E-state index is 6.28. The fraction of sp³-hybridized carbons (Fsp3) is 0.200. The molecule has 0 amide bonds. The van der Waals surface area contributed by atoms with E-state index in [-0.39, 0.29) is 0 Å². The maximum Gasteiger partial charge on any atom is 0.133 e. The van der Waals surface area contributed by atoms with Crippen LogP contribution in [0.2, 0.25) is 5.15 Å². The molecule has 3 rings (SSSR count). The standard InChI is InChI=1S/C15H14ClN3OS/c1-19-8-13(7-17-19)21-9-11-5-10-3-4-12(20-2)6-14(10)18-15(11)16/h3-8H,9H2,1-2H3. The Bertz CT molecular complexity index is 788. The number of ether oxygens (including phenoxy) is 1. The van der Waals surface area contributed by atoms with E-state index in [4.69, 9.17) is 16.3 Å². The highest BCUT2D eigenvalue weighted by Crippen LogP contribution is 2.29. The maximum absolute atomic E-state index is 6.28. The van der Waals surface area contributed by atoms with Crippen molar-refractivity contribution in [2.24, 2.45) is 7.05 Å². The first-order chi connectivity index (χ1) is 10.2. The molecule has 0 bridgehead atoms. The molecule has 2 heterocycles. The Morgan fingerprint density at radius 2 is 2.19 bits per heavy atom. The van der Waals surface area contributed by atoms with Gasteiger partial charge in [0, 0.05) is 40.9 Å². The summed E-state index contributed by atoms with van der Waals surface area (Å²) in [6.07, 6.45) is 3.83. The summed E-state index contributed by atoms with van der Waals surface area (Å²) in [5.74, 6) is 1.54. The van der Waals surface area contributed by atoms with E-state index in [1.807, 2.05) is 37.6 Å². The normalized spacial score (nSPS) is 11.0. The van der Waals surface area contributed by atoms with E-state index in [0.717, 1.165) is 32.9 Å². The molecule has 0 aliphatic rings. The van der Waals surface area contributed by atoms with Crippen LogP contribution in [-0.2, 0) is 12.8 Å². The monoisotopic (exact) mass is 319 g/mol. The number of pyridine rings is 1. The molecule has 0 N–H and O–H groups in total. The summed E-state index contributed by atoms with van der Waals surface area (Å²) >= 11 is 7.98. The number of fused-ring (bicyclic) bond motifs is 1. The number of thioether (sulfide) groups is 1. The van der Waals surface area contributed by atoms with Crippen molar-refractivity contribution in [3.05, 3.63) is 47.4 Å². The van der Waals surface area contributed by atoms with Crippen molar-refractivity contribution < 1.29 is 4.74 Å². The highest BCUT2D eigenvalue weighted by Gasteiger charge is 2.07. The van der Waals surface area contributed by atoms with Gasteiger partial charge in [-0.25, -0.2) is 4.98 Å². The molecule has 0 radical (unpaired) electrons. The first-order valence-electron chi connectivity index (χ1n) is 6.40. The molecule has 0 atom stereocenters. The molecule has 0 saturated carbocycles. The number of benzene rings is 1. The molecule has 108 valence electrons. The van der Waals surface area contributed by atoms with Gasteiger partial charge in [0.25, 0.3) is 0 Å². The van der Waals surface area contributed by atoms with Crippen LogP contribution in [0.4, 0.5) is 0 Å². The lowest BCUT2D eigenvalue weighted by atomic mass is 10.1. The Hall–Kier alpha value is -1.72. The summed E-state index contributed by atoms with van der Waals surface area (Å²) in [6, 6.07) is 7.89. The number of aromatic nitrogens is 3. The van der Waals surface area contributed by atoms with Gasteiger partial charge in [-0.15, -0.1) is 11.8 Å². The van der Waals surface area contributed by atoms with Crippen molar-refractivity contribution in [2.45, 2.75) is 10.6 Å². The Balaban J connectivity index is 1.86. The fourth-order valence-electron chi connectivity index (χ4n) is 2.03. The minimum atomic E-state index is 0.534. The second-order valence-electron chi connectivity index (χ2n) is 4.64. The highest BCUT2D eigenvalue weighted by atomic mass is 35.5. The van der Waals surface area contributed by atoms with Gasteiger partial charge in [0.1, 0.15) is 10.9 Å². The Morgan fingerprint density at radius 1 is 1.33 bits per heavy atom. The quantitative estimate of drug-likeness (QED) is 0.540. The summed E-state index contributed by atoms with van der Waals surface area (Å²) < 4.78 is 6.99. The average Bonchev–Trinajstić information content (AvgIpc) is 2.90. The van der Waals surface area contributed by atoms with Crippen LogP contribution in [0.15, 0.2) is 41.6 Å². The molecular weight excluding hydrogens is 306 g/mol. The molecule has 0 aliphatic heterocycles. The van der Waals surface area contributed by atoms with E-state index in [1.165, 1.54) is 0 Å². The third-order valence-electron chi connectivity index (χ3n) is 3.13. The summed E-state index contributed by atoms with van der Waals surface area (Å²) in [6.45, 7) is 0. The molecule has 2 aromatic heterocycles. The highest BCUT2D eigenvalue weighted by molar-refractivity contribution is 7.98. The molecule has 3 aromatic rings. The molecule has 4 nitrogen and oxygen atoms in total. The molecule has 0 aliphatic carbocycles. The van der Waals surface area contributed by atoms with E-state index >= 15 is 0 Å². The van der Waals surface area contributed by atoms with Gasteiger partial charge < -0.3 is 4.74 Å². The average molecular weight is 320 g/mol. The Kier molecular flexibility index (Phi) is 4.03. The largest absolute Gasteiger partial charge is 0.497 e. The van der Waals surface area contributed by atoms with Crippen molar-refractivity contribution in [1.29, 1.82) is 0 Å². The number of rotatable bonds is 4. The zero-order valence-electron chi connectivity index (χ0n) is 11.7.